The molecule has 1 saturated heterocycles. The first kappa shape index (κ1) is 13.1. The first-order valence-electron chi connectivity index (χ1n) is 6.58. The van der Waals surface area contributed by atoms with Crippen LogP contribution in [-0.2, 0) is 0 Å². The molecule has 1 fully saturated rings. The fourth-order valence-electron chi connectivity index (χ4n) is 2.63. The van der Waals surface area contributed by atoms with Crippen LogP contribution in [0.15, 0.2) is 43.0 Å². The van der Waals surface area contributed by atoms with E-state index in [2.05, 4.69) is 9.97 Å². The lowest BCUT2D eigenvalue weighted by atomic mass is 10.1. The average Bonchev–Trinajstić information content (AvgIpc) is 2.97. The standard InChI is InChI=1S/C15H14ClN3O/c16-13-10-18-7-5-12(13)15(20)19-8-2-4-14(19)11-3-1-6-17-9-11/h1,3,5-7,9-10,14H,2,4,8H2. The smallest absolute Gasteiger partial charge is 0.255 e. The normalized spacial score (nSPS) is 18.2. The molecule has 102 valence electrons. The Morgan fingerprint density at radius 3 is 2.85 bits per heavy atom. The highest BCUT2D eigenvalue weighted by Gasteiger charge is 2.31. The zero-order valence-electron chi connectivity index (χ0n) is 10.9. The highest BCUT2D eigenvalue weighted by molar-refractivity contribution is 6.33. The molecule has 0 spiro atoms. The molecule has 0 aromatic carbocycles. The highest BCUT2D eigenvalue weighted by Crippen LogP contribution is 2.33. The highest BCUT2D eigenvalue weighted by atomic mass is 35.5. The van der Waals surface area contributed by atoms with E-state index in [1.807, 2.05) is 23.2 Å². The third-order valence-electron chi connectivity index (χ3n) is 3.59. The summed E-state index contributed by atoms with van der Waals surface area (Å²) in [5.74, 6) is -0.0382. The van der Waals surface area contributed by atoms with E-state index in [4.69, 9.17) is 11.6 Å². The first-order chi connectivity index (χ1) is 9.77. The van der Waals surface area contributed by atoms with Gasteiger partial charge in [0.2, 0.25) is 0 Å². The van der Waals surface area contributed by atoms with Crippen molar-refractivity contribution in [2.45, 2.75) is 18.9 Å². The van der Waals surface area contributed by atoms with E-state index in [9.17, 15) is 4.79 Å². The Labute approximate surface area is 122 Å². The van der Waals surface area contributed by atoms with Crippen LogP contribution in [0, 0.1) is 0 Å². The van der Waals surface area contributed by atoms with Crippen molar-refractivity contribution in [1.82, 2.24) is 14.9 Å². The topological polar surface area (TPSA) is 46.1 Å². The van der Waals surface area contributed by atoms with E-state index in [1.165, 1.54) is 6.20 Å². The maximum atomic E-state index is 12.6. The Kier molecular flexibility index (Phi) is 3.65. The molecule has 0 aliphatic carbocycles. The van der Waals surface area contributed by atoms with Crippen LogP contribution in [0.5, 0.6) is 0 Å². The molecule has 4 nitrogen and oxygen atoms in total. The van der Waals surface area contributed by atoms with Crippen LogP contribution in [-0.4, -0.2) is 27.3 Å². The van der Waals surface area contributed by atoms with Gasteiger partial charge in [0, 0.05) is 31.3 Å². The molecule has 5 heteroatoms. The van der Waals surface area contributed by atoms with Crippen molar-refractivity contribution in [2.24, 2.45) is 0 Å². The van der Waals surface area contributed by atoms with Crippen molar-refractivity contribution in [3.05, 3.63) is 59.1 Å². The van der Waals surface area contributed by atoms with E-state index in [0.717, 1.165) is 24.9 Å². The molecule has 2 aromatic rings. The molecule has 1 aliphatic rings. The minimum Gasteiger partial charge on any atom is -0.332 e. The molecule has 0 radical (unpaired) electrons. The average molecular weight is 288 g/mol. The number of rotatable bonds is 2. The van der Waals surface area contributed by atoms with Crippen LogP contribution in [0.3, 0.4) is 0 Å². The number of amides is 1. The second-order valence-electron chi connectivity index (χ2n) is 4.80. The van der Waals surface area contributed by atoms with E-state index in [-0.39, 0.29) is 11.9 Å². The second-order valence-corrected chi connectivity index (χ2v) is 5.21. The molecular weight excluding hydrogens is 274 g/mol. The van der Waals surface area contributed by atoms with Gasteiger partial charge >= 0.3 is 0 Å². The summed E-state index contributed by atoms with van der Waals surface area (Å²) in [5, 5.41) is 0.398. The molecule has 3 heterocycles. The predicted molar refractivity (Wildman–Crippen MR) is 76.5 cm³/mol. The number of aromatic nitrogens is 2. The third kappa shape index (κ3) is 2.39. The molecule has 0 saturated carbocycles. The number of likely N-dealkylation sites (tertiary alicyclic amines) is 1. The number of pyridine rings is 2. The molecule has 1 amide bonds. The molecule has 1 unspecified atom stereocenters. The van der Waals surface area contributed by atoms with Gasteiger partial charge in [-0.2, -0.15) is 0 Å². The molecule has 1 atom stereocenters. The van der Waals surface area contributed by atoms with Crippen LogP contribution >= 0.6 is 11.6 Å². The van der Waals surface area contributed by atoms with Gasteiger partial charge in [0.15, 0.2) is 0 Å². The first-order valence-corrected chi connectivity index (χ1v) is 6.95. The van der Waals surface area contributed by atoms with Gasteiger partial charge < -0.3 is 4.90 Å². The molecule has 1 aliphatic heterocycles. The van der Waals surface area contributed by atoms with Gasteiger partial charge in [0.05, 0.1) is 16.6 Å². The number of carbonyl (C=O) groups excluding carboxylic acids is 1. The van der Waals surface area contributed by atoms with Gasteiger partial charge in [-0.1, -0.05) is 17.7 Å². The van der Waals surface area contributed by atoms with Crippen LogP contribution in [0.2, 0.25) is 5.02 Å². The van der Waals surface area contributed by atoms with Gasteiger partial charge in [0.1, 0.15) is 0 Å². The Bertz CT molecular complexity index is 618. The molecule has 0 bridgehead atoms. The zero-order chi connectivity index (χ0) is 13.9. The van der Waals surface area contributed by atoms with Crippen molar-refractivity contribution < 1.29 is 4.79 Å². The number of nitrogens with zero attached hydrogens (tertiary/aromatic N) is 3. The lowest BCUT2D eigenvalue weighted by Crippen LogP contribution is -2.30. The molecule has 3 rings (SSSR count). The van der Waals surface area contributed by atoms with E-state index >= 15 is 0 Å². The lowest BCUT2D eigenvalue weighted by Gasteiger charge is -2.25. The Hall–Kier alpha value is -1.94. The summed E-state index contributed by atoms with van der Waals surface area (Å²) in [6, 6.07) is 5.66. The number of hydrogen-bond acceptors (Lipinski definition) is 3. The lowest BCUT2D eigenvalue weighted by molar-refractivity contribution is 0.0735. The molecule has 20 heavy (non-hydrogen) atoms. The summed E-state index contributed by atoms with van der Waals surface area (Å²) < 4.78 is 0. The van der Waals surface area contributed by atoms with Crippen molar-refractivity contribution in [3.8, 4) is 0 Å². The Balaban J connectivity index is 1.90. The Morgan fingerprint density at radius 2 is 2.10 bits per heavy atom. The molecular formula is C15H14ClN3O. The number of carbonyl (C=O) groups is 1. The summed E-state index contributed by atoms with van der Waals surface area (Å²) in [6.07, 6.45) is 8.61. The SMILES string of the molecule is O=C(c1ccncc1Cl)N1CCCC1c1cccnc1. The monoisotopic (exact) mass is 287 g/mol. The quantitative estimate of drug-likeness (QED) is 0.852. The van der Waals surface area contributed by atoms with Crippen LogP contribution in [0.25, 0.3) is 0 Å². The minimum atomic E-state index is -0.0382. The number of hydrogen-bond donors (Lipinski definition) is 0. The van der Waals surface area contributed by atoms with E-state index in [1.54, 1.807) is 18.5 Å². The van der Waals surface area contributed by atoms with Gasteiger partial charge in [-0.05, 0) is 30.5 Å². The fraction of sp³-hybridized carbons (Fsp3) is 0.267. The summed E-state index contributed by atoms with van der Waals surface area (Å²) in [7, 11) is 0. The maximum absolute atomic E-state index is 12.6. The predicted octanol–water partition coefficient (Wildman–Crippen LogP) is 3.11. The summed E-state index contributed by atoms with van der Waals surface area (Å²) in [5.41, 5.74) is 1.58. The third-order valence-corrected chi connectivity index (χ3v) is 3.89. The second kappa shape index (κ2) is 5.59. The molecule has 2 aromatic heterocycles. The van der Waals surface area contributed by atoms with Crippen LogP contribution in [0.1, 0.15) is 34.8 Å². The van der Waals surface area contributed by atoms with Crippen molar-refractivity contribution in [2.75, 3.05) is 6.54 Å². The van der Waals surface area contributed by atoms with Crippen LogP contribution in [0.4, 0.5) is 0 Å². The van der Waals surface area contributed by atoms with Crippen molar-refractivity contribution in [1.29, 1.82) is 0 Å². The van der Waals surface area contributed by atoms with Gasteiger partial charge in [-0.3, -0.25) is 14.8 Å². The summed E-state index contributed by atoms with van der Waals surface area (Å²) >= 11 is 6.07. The van der Waals surface area contributed by atoms with Crippen molar-refractivity contribution >= 4 is 17.5 Å². The molecule has 0 N–H and O–H groups in total. The maximum Gasteiger partial charge on any atom is 0.255 e. The van der Waals surface area contributed by atoms with Gasteiger partial charge in [0.25, 0.3) is 5.91 Å². The van der Waals surface area contributed by atoms with Crippen LogP contribution < -0.4 is 0 Å². The van der Waals surface area contributed by atoms with Crippen molar-refractivity contribution in [3.63, 3.8) is 0 Å². The fourth-order valence-corrected chi connectivity index (χ4v) is 2.83. The summed E-state index contributed by atoms with van der Waals surface area (Å²) in [6.45, 7) is 0.747. The summed E-state index contributed by atoms with van der Waals surface area (Å²) in [4.78, 5) is 22.6. The zero-order valence-corrected chi connectivity index (χ0v) is 11.6. The van der Waals surface area contributed by atoms with Gasteiger partial charge in [-0.25, -0.2) is 0 Å². The largest absolute Gasteiger partial charge is 0.332 e. The van der Waals surface area contributed by atoms with E-state index < -0.39 is 0 Å². The number of halogens is 1. The minimum absolute atomic E-state index is 0.0382. The Morgan fingerprint density at radius 1 is 1.25 bits per heavy atom. The van der Waals surface area contributed by atoms with E-state index in [0.29, 0.717) is 10.6 Å². The van der Waals surface area contributed by atoms with Gasteiger partial charge in [-0.15, -0.1) is 0 Å².